The number of H-pyrrole nitrogens is 1. The Labute approximate surface area is 337 Å². The normalized spacial score (nSPS) is 25.5. The number of nitrogens with one attached hydrogen (secondary N) is 1. The Bertz CT molecular complexity index is 2020. The summed E-state index contributed by atoms with van der Waals surface area (Å²) < 4.78 is 43.1. The molecule has 3 aliphatic heterocycles. The van der Waals surface area contributed by atoms with Gasteiger partial charge in [-0.3, -0.25) is 14.7 Å². The minimum Gasteiger partial charge on any atom is -0.458 e. The zero-order valence-corrected chi connectivity index (χ0v) is 33.7. The van der Waals surface area contributed by atoms with Gasteiger partial charge in [0.05, 0.1) is 31.8 Å². The molecule has 7 rings (SSSR count). The Balaban J connectivity index is 1.09. The fourth-order valence-electron chi connectivity index (χ4n) is 8.13. The van der Waals surface area contributed by atoms with Gasteiger partial charge >= 0.3 is 5.97 Å². The van der Waals surface area contributed by atoms with Crippen molar-refractivity contribution in [2.45, 2.75) is 114 Å². The van der Waals surface area contributed by atoms with Gasteiger partial charge in [0.25, 0.3) is 0 Å². The second-order valence-electron chi connectivity index (χ2n) is 16.7. The largest absolute Gasteiger partial charge is 0.458 e. The highest BCUT2D eigenvalue weighted by Crippen LogP contribution is 2.47. The van der Waals surface area contributed by atoms with E-state index in [4.69, 9.17) is 23.7 Å². The van der Waals surface area contributed by atoms with Crippen LogP contribution in [0.2, 0.25) is 0 Å². The number of β-lactam (4-membered cyclic amide) rings is 1. The van der Waals surface area contributed by atoms with Crippen LogP contribution in [0.5, 0.6) is 0 Å². The molecule has 0 spiro atoms. The Morgan fingerprint density at radius 2 is 1.53 bits per heavy atom. The summed E-state index contributed by atoms with van der Waals surface area (Å²) in [5.41, 5.74) is 1.20. The maximum absolute atomic E-state index is 14.0. The van der Waals surface area contributed by atoms with Crippen LogP contribution >= 0.6 is 0 Å². The van der Waals surface area contributed by atoms with Crippen molar-refractivity contribution in [3.05, 3.63) is 113 Å². The van der Waals surface area contributed by atoms with E-state index in [0.717, 1.165) is 34.6 Å². The molecule has 3 aliphatic rings. The number of benzene rings is 3. The highest BCUT2D eigenvalue weighted by Gasteiger charge is 2.58. The lowest BCUT2D eigenvalue weighted by molar-refractivity contribution is -0.394. The van der Waals surface area contributed by atoms with Crippen molar-refractivity contribution in [1.82, 2.24) is 15.2 Å². The van der Waals surface area contributed by atoms with E-state index >= 15 is 0 Å². The van der Waals surface area contributed by atoms with Gasteiger partial charge in [0, 0.05) is 19.0 Å². The van der Waals surface area contributed by atoms with Gasteiger partial charge in [0.1, 0.15) is 41.4 Å². The third-order valence-corrected chi connectivity index (χ3v) is 11.4. The number of carbonyl (C=O) groups excluding carboxylic acids is 2. The lowest BCUT2D eigenvalue weighted by Gasteiger charge is -2.54. The molecule has 1 amide bonds. The molecule has 58 heavy (non-hydrogen) atoms. The first kappa shape index (κ1) is 41.6. The van der Waals surface area contributed by atoms with Gasteiger partial charge in [-0.25, -0.2) is 9.37 Å². The molecule has 3 saturated heterocycles. The van der Waals surface area contributed by atoms with Crippen LogP contribution in [0.3, 0.4) is 0 Å². The number of nitrogens with zero attached hydrogens (tertiary/aromatic N) is 3. The number of halogens is 1. The van der Waals surface area contributed by atoms with Crippen LogP contribution in [-0.2, 0) is 52.5 Å². The minimum absolute atomic E-state index is 0.0466. The van der Waals surface area contributed by atoms with Crippen molar-refractivity contribution < 1.29 is 47.9 Å². The molecule has 4 aromatic rings. The quantitative estimate of drug-likeness (QED) is 0.104. The molecule has 0 saturated carbocycles. The van der Waals surface area contributed by atoms with Gasteiger partial charge in [-0.05, 0) is 106 Å². The highest BCUT2D eigenvalue weighted by atomic mass is 19.1. The average Bonchev–Trinajstić information content (AvgIpc) is 3.72. The van der Waals surface area contributed by atoms with E-state index in [1.54, 1.807) is 44.7 Å². The maximum Gasteiger partial charge on any atom is 0.303 e. The number of aromatic amines is 1. The van der Waals surface area contributed by atoms with Crippen molar-refractivity contribution in [3.63, 3.8) is 0 Å². The number of rotatable bonds is 14. The molecule has 1 aromatic heterocycles. The standard InChI is InChI=1S/C44H53FN4O9/c1-28(50)57-36(31-13-15-33(45)16-14-31)20-19-35-38(49(39(35)51)34-17-8-29(9-18-34)10-21-37-46-27-47-48-37)32-11-6-30(7-12-32)22-23-43(52)24-56-42(4,5)58-40(43)44(53)25-54-41(2,3)55-26-44/h6-9,11-18,27,35-36,38,40,52-53H,10,19-26H2,1-5H3,(H,46,47,48)/t35-,36+,38-,40?,43?/m1/s1. The Hall–Kier alpha value is -4.57. The number of aliphatic hydroxyl groups is 2. The van der Waals surface area contributed by atoms with Crippen LogP contribution in [0.15, 0.2) is 79.1 Å². The molecule has 3 N–H and O–H groups in total. The first-order chi connectivity index (χ1) is 27.5. The molecular formula is C44H53FN4O9. The van der Waals surface area contributed by atoms with E-state index in [-0.39, 0.29) is 38.2 Å². The van der Waals surface area contributed by atoms with Crippen LogP contribution in [0.1, 0.15) is 94.1 Å². The van der Waals surface area contributed by atoms with E-state index in [1.807, 2.05) is 48.5 Å². The number of anilines is 1. The summed E-state index contributed by atoms with van der Waals surface area (Å²) in [4.78, 5) is 32.1. The molecule has 0 bridgehead atoms. The highest BCUT2D eigenvalue weighted by molar-refractivity contribution is 6.03. The van der Waals surface area contributed by atoms with Crippen LogP contribution in [0, 0.1) is 11.7 Å². The molecule has 0 aliphatic carbocycles. The number of hydrogen-bond acceptors (Lipinski definition) is 11. The SMILES string of the molecule is CC(=O)O[C@@H](CC[C@H]1C(=O)N(c2ccc(CCc3ncn[nH]3)cc2)[C@@H]1c1ccc(CCC2(O)COC(C)(C)OC2C2(O)COC(C)(C)OC2)cc1)c1ccc(F)cc1. The maximum atomic E-state index is 14.0. The number of aromatic nitrogens is 3. The van der Waals surface area contributed by atoms with Crippen molar-refractivity contribution in [2.75, 3.05) is 24.7 Å². The number of aryl methyl sites for hydroxylation is 3. The first-order valence-corrected chi connectivity index (χ1v) is 19.9. The molecule has 0 radical (unpaired) electrons. The Morgan fingerprint density at radius 3 is 2.17 bits per heavy atom. The summed E-state index contributed by atoms with van der Waals surface area (Å²) >= 11 is 0. The summed E-state index contributed by atoms with van der Waals surface area (Å²) in [5, 5.41) is 30.5. The van der Waals surface area contributed by atoms with Crippen LogP contribution in [-0.4, -0.2) is 86.0 Å². The van der Waals surface area contributed by atoms with Crippen molar-refractivity contribution in [2.24, 2.45) is 5.92 Å². The number of hydrogen-bond donors (Lipinski definition) is 3. The van der Waals surface area contributed by atoms with E-state index in [1.165, 1.54) is 25.4 Å². The third kappa shape index (κ3) is 9.33. The van der Waals surface area contributed by atoms with Crippen molar-refractivity contribution in [1.29, 1.82) is 0 Å². The average molecular weight is 801 g/mol. The predicted octanol–water partition coefficient (Wildman–Crippen LogP) is 5.85. The second-order valence-corrected chi connectivity index (χ2v) is 16.7. The van der Waals surface area contributed by atoms with Crippen LogP contribution in [0.25, 0.3) is 0 Å². The summed E-state index contributed by atoms with van der Waals surface area (Å²) in [6, 6.07) is 21.4. The molecule has 14 heteroatoms. The van der Waals surface area contributed by atoms with Gasteiger partial charge in [-0.2, -0.15) is 5.10 Å². The van der Waals surface area contributed by atoms with Crippen LogP contribution < -0.4 is 4.90 Å². The minimum atomic E-state index is -1.61. The van der Waals surface area contributed by atoms with Gasteiger partial charge < -0.3 is 38.8 Å². The predicted molar refractivity (Wildman–Crippen MR) is 210 cm³/mol. The zero-order valence-electron chi connectivity index (χ0n) is 33.7. The summed E-state index contributed by atoms with van der Waals surface area (Å²) in [6.45, 7) is 8.15. The number of ether oxygens (including phenoxy) is 5. The molecule has 4 heterocycles. The van der Waals surface area contributed by atoms with E-state index in [2.05, 4.69) is 15.2 Å². The molecule has 2 unspecified atom stereocenters. The van der Waals surface area contributed by atoms with E-state index in [9.17, 15) is 24.2 Å². The number of carbonyl (C=O) groups is 2. The van der Waals surface area contributed by atoms with Gasteiger partial charge in [0.2, 0.25) is 5.91 Å². The molecule has 3 aromatic carbocycles. The summed E-state index contributed by atoms with van der Waals surface area (Å²) in [5.74, 6) is -2.43. The van der Waals surface area contributed by atoms with E-state index in [0.29, 0.717) is 31.2 Å². The molecular weight excluding hydrogens is 748 g/mol. The van der Waals surface area contributed by atoms with Crippen molar-refractivity contribution >= 4 is 17.6 Å². The number of esters is 1. The fourth-order valence-corrected chi connectivity index (χ4v) is 8.13. The van der Waals surface area contributed by atoms with Gasteiger partial charge in [0.15, 0.2) is 11.6 Å². The Morgan fingerprint density at radius 1 is 0.897 bits per heavy atom. The molecule has 5 atom stereocenters. The van der Waals surface area contributed by atoms with E-state index < -0.39 is 52.7 Å². The smallest absolute Gasteiger partial charge is 0.303 e. The topological polar surface area (TPSA) is 166 Å². The van der Waals surface area contributed by atoms with Crippen molar-refractivity contribution in [3.8, 4) is 0 Å². The fraction of sp³-hybridized carbons (Fsp3) is 0.500. The molecule has 310 valence electrons. The monoisotopic (exact) mass is 800 g/mol. The van der Waals surface area contributed by atoms with Crippen LogP contribution in [0.4, 0.5) is 10.1 Å². The first-order valence-electron chi connectivity index (χ1n) is 19.9. The third-order valence-electron chi connectivity index (χ3n) is 11.4. The number of amides is 1. The Kier molecular flexibility index (Phi) is 11.9. The lowest BCUT2D eigenvalue weighted by atomic mass is 9.77. The van der Waals surface area contributed by atoms with Gasteiger partial charge in [-0.15, -0.1) is 0 Å². The summed E-state index contributed by atoms with van der Waals surface area (Å²) in [6.07, 6.45) is 2.70. The molecule has 3 fully saturated rings. The second kappa shape index (κ2) is 16.6. The summed E-state index contributed by atoms with van der Waals surface area (Å²) in [7, 11) is 0. The zero-order chi connectivity index (χ0) is 41.3. The molecule has 13 nitrogen and oxygen atoms in total. The van der Waals surface area contributed by atoms with Gasteiger partial charge in [-0.1, -0.05) is 48.5 Å². The lowest BCUT2D eigenvalue weighted by Crippen LogP contribution is -2.70.